The fourth-order valence-corrected chi connectivity index (χ4v) is 2.30. The van der Waals surface area contributed by atoms with Crippen LogP contribution in [0.1, 0.15) is 32.4 Å². The van der Waals surface area contributed by atoms with Crippen LogP contribution in [0.2, 0.25) is 0 Å². The number of hydrogen-bond donors (Lipinski definition) is 0. The van der Waals surface area contributed by atoms with Gasteiger partial charge in [-0.25, -0.2) is 14.3 Å². The van der Waals surface area contributed by atoms with Crippen molar-refractivity contribution in [2.45, 2.75) is 13.2 Å². The lowest BCUT2D eigenvalue weighted by atomic mass is 10.2. The Labute approximate surface area is 153 Å². The summed E-state index contributed by atoms with van der Waals surface area (Å²) in [5, 5.41) is 4.05. The van der Waals surface area contributed by atoms with Crippen molar-refractivity contribution in [3.05, 3.63) is 87.7 Å². The van der Waals surface area contributed by atoms with Crippen molar-refractivity contribution in [1.29, 1.82) is 0 Å². The minimum Gasteiger partial charge on any atom is -0.463 e. The molecule has 0 amide bonds. The summed E-state index contributed by atoms with van der Waals surface area (Å²) in [5.74, 6) is -1.05. The first-order valence-electron chi connectivity index (χ1n) is 8.03. The third kappa shape index (κ3) is 4.49. The summed E-state index contributed by atoms with van der Waals surface area (Å²) in [7, 11) is 1.24. The van der Waals surface area contributed by atoms with Crippen LogP contribution in [0.5, 0.6) is 0 Å². The molecule has 0 saturated carbocycles. The van der Waals surface area contributed by atoms with Gasteiger partial charge >= 0.3 is 11.9 Å². The lowest BCUT2D eigenvalue weighted by Crippen LogP contribution is -2.25. The summed E-state index contributed by atoms with van der Waals surface area (Å²) < 4.78 is 16.1. The first-order valence-corrected chi connectivity index (χ1v) is 8.03. The molecule has 3 rings (SSSR count). The van der Waals surface area contributed by atoms with Gasteiger partial charge in [-0.3, -0.25) is 4.79 Å². The van der Waals surface area contributed by atoms with Crippen molar-refractivity contribution in [3.63, 3.8) is 0 Å². The lowest BCUT2D eigenvalue weighted by molar-refractivity contribution is 0.0428. The van der Waals surface area contributed by atoms with Gasteiger partial charge in [0, 0.05) is 6.07 Å². The van der Waals surface area contributed by atoms with Crippen LogP contribution < -0.4 is 5.56 Å². The number of rotatable bonds is 6. The highest BCUT2D eigenvalue weighted by atomic mass is 16.6. The van der Waals surface area contributed by atoms with E-state index in [1.165, 1.54) is 36.1 Å². The molecule has 0 radical (unpaired) electrons. The summed E-state index contributed by atoms with van der Waals surface area (Å²) in [6.45, 7) is 0.0524. The molecule has 138 valence electrons. The Morgan fingerprint density at radius 1 is 1.04 bits per heavy atom. The summed E-state index contributed by atoms with van der Waals surface area (Å²) in [5.41, 5.74) is 0.540. The number of nitrogens with zero attached hydrogens (tertiary/aromatic N) is 2. The predicted octanol–water partition coefficient (Wildman–Crippen LogP) is 2.03. The second-order valence-corrected chi connectivity index (χ2v) is 5.53. The lowest BCUT2D eigenvalue weighted by Gasteiger charge is -2.07. The first-order chi connectivity index (χ1) is 13.1. The molecule has 0 bridgehead atoms. The molecule has 0 aliphatic heterocycles. The van der Waals surface area contributed by atoms with Crippen LogP contribution in [0.4, 0.5) is 0 Å². The van der Waals surface area contributed by atoms with Crippen molar-refractivity contribution in [3.8, 4) is 0 Å². The maximum Gasteiger partial charge on any atom is 0.373 e. The van der Waals surface area contributed by atoms with Gasteiger partial charge in [0.15, 0.2) is 5.69 Å². The van der Waals surface area contributed by atoms with Gasteiger partial charge in [-0.05, 0) is 23.8 Å². The van der Waals surface area contributed by atoms with Crippen LogP contribution in [-0.4, -0.2) is 28.8 Å². The Morgan fingerprint density at radius 3 is 2.56 bits per heavy atom. The summed E-state index contributed by atoms with van der Waals surface area (Å²) in [6.07, 6.45) is 0. The molecule has 0 saturated heterocycles. The zero-order valence-electron chi connectivity index (χ0n) is 14.5. The van der Waals surface area contributed by atoms with Crippen LogP contribution in [0.25, 0.3) is 0 Å². The van der Waals surface area contributed by atoms with Gasteiger partial charge in [0.1, 0.15) is 12.4 Å². The fourth-order valence-electron chi connectivity index (χ4n) is 2.30. The third-order valence-corrected chi connectivity index (χ3v) is 3.64. The quantitative estimate of drug-likeness (QED) is 0.614. The molecule has 8 nitrogen and oxygen atoms in total. The summed E-state index contributed by atoms with van der Waals surface area (Å²) in [6, 6.07) is 14.8. The molecule has 0 spiro atoms. The molecule has 0 unspecified atom stereocenters. The summed E-state index contributed by atoms with van der Waals surface area (Å²) >= 11 is 0. The smallest absolute Gasteiger partial charge is 0.373 e. The van der Waals surface area contributed by atoms with Crippen molar-refractivity contribution < 1.29 is 23.5 Å². The Kier molecular flexibility index (Phi) is 5.46. The van der Waals surface area contributed by atoms with Gasteiger partial charge in [0.25, 0.3) is 5.56 Å². The van der Waals surface area contributed by atoms with Gasteiger partial charge < -0.3 is 13.9 Å². The normalized spacial score (nSPS) is 10.4. The van der Waals surface area contributed by atoms with E-state index in [9.17, 15) is 14.4 Å². The second kappa shape index (κ2) is 8.13. The van der Waals surface area contributed by atoms with E-state index in [-0.39, 0.29) is 35.9 Å². The van der Waals surface area contributed by atoms with E-state index in [0.29, 0.717) is 0 Å². The van der Waals surface area contributed by atoms with E-state index in [1.54, 1.807) is 0 Å². The van der Waals surface area contributed by atoms with E-state index in [2.05, 4.69) is 9.84 Å². The minimum atomic E-state index is -0.715. The van der Waals surface area contributed by atoms with Gasteiger partial charge in [0.05, 0.1) is 13.7 Å². The molecule has 0 aliphatic carbocycles. The number of esters is 2. The SMILES string of the molecule is COC(=O)c1ccc(COC(=O)c2ccc(=O)n(Cc3ccccc3)n2)o1. The van der Waals surface area contributed by atoms with E-state index in [0.717, 1.165) is 5.56 Å². The highest BCUT2D eigenvalue weighted by Gasteiger charge is 2.15. The fraction of sp³-hybridized carbons (Fsp3) is 0.158. The molecular weight excluding hydrogens is 352 g/mol. The monoisotopic (exact) mass is 368 g/mol. The maximum atomic E-state index is 12.2. The number of benzene rings is 1. The van der Waals surface area contributed by atoms with Crippen LogP contribution in [0, 0.1) is 0 Å². The van der Waals surface area contributed by atoms with Gasteiger partial charge in [-0.2, -0.15) is 5.10 Å². The molecule has 0 atom stereocenters. The Morgan fingerprint density at radius 2 is 1.81 bits per heavy atom. The first kappa shape index (κ1) is 18.1. The van der Waals surface area contributed by atoms with Crippen molar-refractivity contribution >= 4 is 11.9 Å². The average molecular weight is 368 g/mol. The van der Waals surface area contributed by atoms with Crippen LogP contribution in [0.15, 0.2) is 63.8 Å². The molecule has 0 N–H and O–H groups in total. The van der Waals surface area contributed by atoms with Crippen LogP contribution >= 0.6 is 0 Å². The number of furan rings is 1. The minimum absolute atomic E-state index is 0.00900. The predicted molar refractivity (Wildman–Crippen MR) is 93.2 cm³/mol. The molecular formula is C19H16N2O6. The second-order valence-electron chi connectivity index (χ2n) is 5.53. The molecule has 0 aliphatic rings. The Balaban J connectivity index is 1.68. The molecule has 3 aromatic rings. The molecule has 2 aromatic heterocycles. The zero-order valence-corrected chi connectivity index (χ0v) is 14.5. The van der Waals surface area contributed by atoms with Crippen molar-refractivity contribution in [2.24, 2.45) is 0 Å². The van der Waals surface area contributed by atoms with E-state index in [1.807, 2.05) is 30.3 Å². The number of hydrogen-bond acceptors (Lipinski definition) is 7. The topological polar surface area (TPSA) is 101 Å². The van der Waals surface area contributed by atoms with E-state index >= 15 is 0 Å². The Bertz CT molecular complexity index is 1010. The van der Waals surface area contributed by atoms with Crippen molar-refractivity contribution in [2.75, 3.05) is 7.11 Å². The Hall–Kier alpha value is -3.68. The van der Waals surface area contributed by atoms with E-state index < -0.39 is 11.9 Å². The standard InChI is InChI=1S/C19H16N2O6/c1-25-19(24)16-9-7-14(27-16)12-26-18(23)15-8-10-17(22)21(20-15)11-13-5-3-2-4-6-13/h2-10H,11-12H2,1H3. The largest absolute Gasteiger partial charge is 0.463 e. The van der Waals surface area contributed by atoms with Crippen molar-refractivity contribution in [1.82, 2.24) is 9.78 Å². The highest BCUT2D eigenvalue weighted by molar-refractivity contribution is 5.87. The van der Waals surface area contributed by atoms with Crippen LogP contribution in [-0.2, 0) is 22.6 Å². The molecule has 27 heavy (non-hydrogen) atoms. The number of aromatic nitrogens is 2. The number of ether oxygens (including phenoxy) is 2. The number of carbonyl (C=O) groups is 2. The van der Waals surface area contributed by atoms with Gasteiger partial charge in [-0.15, -0.1) is 0 Å². The van der Waals surface area contributed by atoms with Crippen LogP contribution in [0.3, 0.4) is 0 Å². The molecule has 1 aromatic carbocycles. The summed E-state index contributed by atoms with van der Waals surface area (Å²) in [4.78, 5) is 35.5. The number of methoxy groups -OCH3 is 1. The molecule has 0 fully saturated rings. The number of carbonyl (C=O) groups excluding carboxylic acids is 2. The maximum absolute atomic E-state index is 12.2. The zero-order chi connectivity index (χ0) is 19.2. The third-order valence-electron chi connectivity index (χ3n) is 3.64. The van der Waals surface area contributed by atoms with E-state index in [4.69, 9.17) is 9.15 Å². The van der Waals surface area contributed by atoms with Gasteiger partial charge in [0.2, 0.25) is 5.76 Å². The molecule has 8 heteroatoms. The average Bonchev–Trinajstić information content (AvgIpc) is 3.17. The molecule has 2 heterocycles. The highest BCUT2D eigenvalue weighted by Crippen LogP contribution is 2.11. The van der Waals surface area contributed by atoms with Gasteiger partial charge in [-0.1, -0.05) is 30.3 Å².